The van der Waals surface area contributed by atoms with Crippen LogP contribution in [-0.2, 0) is 4.79 Å². The van der Waals surface area contributed by atoms with Crippen LogP contribution >= 0.6 is 0 Å². The molecule has 0 aliphatic rings. The van der Waals surface area contributed by atoms with Crippen LogP contribution in [0.5, 0.6) is 0 Å². The van der Waals surface area contributed by atoms with E-state index in [2.05, 4.69) is 29.4 Å². The summed E-state index contributed by atoms with van der Waals surface area (Å²) >= 11 is 0. The molecule has 0 aromatic heterocycles. The number of carbonyl (C=O) groups is 1. The van der Waals surface area contributed by atoms with E-state index < -0.39 is 17.5 Å². The Balaban J connectivity index is 1.89. The van der Waals surface area contributed by atoms with Gasteiger partial charge < -0.3 is 15.5 Å². The average Bonchev–Trinajstić information content (AvgIpc) is 2.58. The zero-order chi connectivity index (χ0) is 17.5. The summed E-state index contributed by atoms with van der Waals surface area (Å²) in [5, 5.41) is 5.37. The molecule has 0 saturated heterocycles. The van der Waals surface area contributed by atoms with Gasteiger partial charge in [0.1, 0.15) is 11.6 Å². The number of amides is 1. The van der Waals surface area contributed by atoms with Crippen molar-refractivity contribution in [3.05, 3.63) is 54.1 Å². The summed E-state index contributed by atoms with van der Waals surface area (Å²) in [5.74, 6) is -1.89. The molecule has 0 radical (unpaired) electrons. The van der Waals surface area contributed by atoms with Gasteiger partial charge in [0, 0.05) is 30.5 Å². The van der Waals surface area contributed by atoms with Gasteiger partial charge in [-0.05, 0) is 50.2 Å². The number of halogens is 2. The molecular formula is C18H21F2N3O. The maximum Gasteiger partial charge on any atom is 0.243 e. The smallest absolute Gasteiger partial charge is 0.243 e. The van der Waals surface area contributed by atoms with Crippen molar-refractivity contribution in [3.63, 3.8) is 0 Å². The molecule has 0 bridgehead atoms. The SMILES string of the molecule is CCN(CC)c1ccc(NCC(=O)Nc2ccc(F)cc2F)cc1. The summed E-state index contributed by atoms with van der Waals surface area (Å²) in [6, 6.07) is 10.8. The number of carbonyl (C=O) groups excluding carboxylic acids is 1. The second-order valence-corrected chi connectivity index (χ2v) is 5.25. The van der Waals surface area contributed by atoms with Crippen molar-refractivity contribution in [2.24, 2.45) is 0 Å². The van der Waals surface area contributed by atoms with Gasteiger partial charge in [0.05, 0.1) is 12.2 Å². The second kappa shape index (κ2) is 8.29. The Kier molecular flexibility index (Phi) is 6.12. The minimum Gasteiger partial charge on any atom is -0.376 e. The Morgan fingerprint density at radius 3 is 2.29 bits per heavy atom. The largest absolute Gasteiger partial charge is 0.376 e. The lowest BCUT2D eigenvalue weighted by Crippen LogP contribution is -2.23. The fourth-order valence-corrected chi connectivity index (χ4v) is 2.35. The van der Waals surface area contributed by atoms with E-state index in [1.54, 1.807) is 0 Å². The van der Waals surface area contributed by atoms with Crippen molar-refractivity contribution in [1.29, 1.82) is 0 Å². The molecule has 0 aliphatic carbocycles. The van der Waals surface area contributed by atoms with Gasteiger partial charge in [-0.15, -0.1) is 0 Å². The highest BCUT2D eigenvalue weighted by Crippen LogP contribution is 2.18. The van der Waals surface area contributed by atoms with E-state index >= 15 is 0 Å². The number of benzene rings is 2. The van der Waals surface area contributed by atoms with Crippen molar-refractivity contribution in [2.45, 2.75) is 13.8 Å². The van der Waals surface area contributed by atoms with E-state index in [9.17, 15) is 13.6 Å². The van der Waals surface area contributed by atoms with E-state index in [-0.39, 0.29) is 12.2 Å². The van der Waals surface area contributed by atoms with Crippen LogP contribution in [0.4, 0.5) is 25.8 Å². The molecule has 2 aromatic rings. The molecule has 0 aliphatic heterocycles. The summed E-state index contributed by atoms with van der Waals surface area (Å²) in [4.78, 5) is 14.1. The normalized spacial score (nSPS) is 10.3. The summed E-state index contributed by atoms with van der Waals surface area (Å²) in [5.41, 5.74) is 1.86. The first-order chi connectivity index (χ1) is 11.5. The molecule has 24 heavy (non-hydrogen) atoms. The van der Waals surface area contributed by atoms with Gasteiger partial charge >= 0.3 is 0 Å². The number of nitrogens with zero attached hydrogens (tertiary/aromatic N) is 1. The fourth-order valence-electron chi connectivity index (χ4n) is 2.35. The molecule has 0 spiro atoms. The fraction of sp³-hybridized carbons (Fsp3) is 0.278. The number of anilines is 3. The van der Waals surface area contributed by atoms with E-state index in [1.807, 2.05) is 24.3 Å². The summed E-state index contributed by atoms with van der Waals surface area (Å²) in [7, 11) is 0. The molecule has 4 nitrogen and oxygen atoms in total. The monoisotopic (exact) mass is 333 g/mol. The first kappa shape index (κ1) is 17.7. The molecule has 1 amide bonds. The highest BCUT2D eigenvalue weighted by Gasteiger charge is 2.08. The number of hydrogen-bond donors (Lipinski definition) is 2. The Morgan fingerprint density at radius 2 is 1.71 bits per heavy atom. The lowest BCUT2D eigenvalue weighted by Gasteiger charge is -2.21. The number of rotatable bonds is 7. The number of hydrogen-bond acceptors (Lipinski definition) is 3. The third kappa shape index (κ3) is 4.68. The molecule has 0 atom stereocenters. The quantitative estimate of drug-likeness (QED) is 0.809. The summed E-state index contributed by atoms with van der Waals surface area (Å²) in [6.45, 7) is 6.02. The van der Waals surface area contributed by atoms with Crippen molar-refractivity contribution >= 4 is 23.0 Å². The van der Waals surface area contributed by atoms with Crippen molar-refractivity contribution < 1.29 is 13.6 Å². The minimum absolute atomic E-state index is 0.0125. The molecule has 128 valence electrons. The van der Waals surface area contributed by atoms with Crippen LogP contribution < -0.4 is 15.5 Å². The lowest BCUT2D eigenvalue weighted by atomic mass is 10.2. The van der Waals surface area contributed by atoms with Gasteiger partial charge in [0.2, 0.25) is 5.91 Å². The van der Waals surface area contributed by atoms with Gasteiger partial charge in [-0.1, -0.05) is 0 Å². The molecule has 2 rings (SSSR count). The lowest BCUT2D eigenvalue weighted by molar-refractivity contribution is -0.114. The molecule has 2 aromatic carbocycles. The average molecular weight is 333 g/mol. The van der Waals surface area contributed by atoms with Crippen LogP contribution in [0.15, 0.2) is 42.5 Å². The van der Waals surface area contributed by atoms with Crippen LogP contribution in [0.25, 0.3) is 0 Å². The predicted octanol–water partition coefficient (Wildman–Crippen LogP) is 3.86. The summed E-state index contributed by atoms with van der Waals surface area (Å²) < 4.78 is 26.3. The Morgan fingerprint density at radius 1 is 1.04 bits per heavy atom. The first-order valence-corrected chi connectivity index (χ1v) is 7.87. The molecule has 0 saturated carbocycles. The van der Waals surface area contributed by atoms with Crippen LogP contribution in [0, 0.1) is 11.6 Å². The van der Waals surface area contributed by atoms with Crippen molar-refractivity contribution in [3.8, 4) is 0 Å². The zero-order valence-corrected chi connectivity index (χ0v) is 13.8. The highest BCUT2D eigenvalue weighted by atomic mass is 19.1. The van der Waals surface area contributed by atoms with Gasteiger partial charge in [-0.25, -0.2) is 8.78 Å². The predicted molar refractivity (Wildman–Crippen MR) is 93.5 cm³/mol. The zero-order valence-electron chi connectivity index (χ0n) is 13.8. The molecule has 2 N–H and O–H groups in total. The highest BCUT2D eigenvalue weighted by molar-refractivity contribution is 5.93. The van der Waals surface area contributed by atoms with E-state index in [4.69, 9.17) is 0 Å². The molecule has 6 heteroatoms. The summed E-state index contributed by atoms with van der Waals surface area (Å²) in [6.07, 6.45) is 0. The van der Waals surface area contributed by atoms with Gasteiger partial charge in [0.25, 0.3) is 0 Å². The Labute approximate surface area is 140 Å². The van der Waals surface area contributed by atoms with Crippen LogP contribution in [0.1, 0.15) is 13.8 Å². The molecular weight excluding hydrogens is 312 g/mol. The maximum absolute atomic E-state index is 13.5. The van der Waals surface area contributed by atoms with Gasteiger partial charge in [0.15, 0.2) is 0 Å². The molecule has 0 unspecified atom stereocenters. The van der Waals surface area contributed by atoms with Crippen molar-refractivity contribution in [1.82, 2.24) is 0 Å². The third-order valence-electron chi connectivity index (χ3n) is 3.65. The van der Waals surface area contributed by atoms with E-state index in [1.165, 1.54) is 6.07 Å². The Bertz CT molecular complexity index is 685. The topological polar surface area (TPSA) is 44.4 Å². The number of nitrogens with one attached hydrogen (secondary N) is 2. The molecule has 0 heterocycles. The first-order valence-electron chi connectivity index (χ1n) is 7.87. The van der Waals surface area contributed by atoms with Gasteiger partial charge in [-0.3, -0.25) is 4.79 Å². The second-order valence-electron chi connectivity index (χ2n) is 5.25. The maximum atomic E-state index is 13.5. The van der Waals surface area contributed by atoms with Gasteiger partial charge in [-0.2, -0.15) is 0 Å². The van der Waals surface area contributed by atoms with Crippen LogP contribution in [0.3, 0.4) is 0 Å². The van der Waals surface area contributed by atoms with E-state index in [0.29, 0.717) is 0 Å². The van der Waals surface area contributed by atoms with Crippen molar-refractivity contribution in [2.75, 3.05) is 35.2 Å². The standard InChI is InChI=1S/C18H21F2N3O/c1-3-23(4-2)15-8-6-14(7-9-15)21-12-18(24)22-17-10-5-13(19)11-16(17)20/h5-11,21H,3-4,12H2,1-2H3,(H,22,24). The third-order valence-corrected chi connectivity index (χ3v) is 3.65. The van der Waals surface area contributed by atoms with E-state index in [0.717, 1.165) is 36.6 Å². The van der Waals surface area contributed by atoms with Crippen LogP contribution in [0.2, 0.25) is 0 Å². The molecule has 0 fully saturated rings. The minimum atomic E-state index is -0.799. The van der Waals surface area contributed by atoms with Crippen LogP contribution in [-0.4, -0.2) is 25.5 Å². The Hall–Kier alpha value is -2.63.